The number of amides is 1. The molecule has 0 fully saturated rings. The van der Waals surface area contributed by atoms with E-state index in [1.807, 2.05) is 12.1 Å². The van der Waals surface area contributed by atoms with E-state index < -0.39 is 0 Å². The summed E-state index contributed by atoms with van der Waals surface area (Å²) in [5, 5.41) is 3.94. The lowest BCUT2D eigenvalue weighted by atomic mass is 10.2. The molecular weight excluding hydrogens is 311 g/mol. The maximum absolute atomic E-state index is 12.9. The van der Waals surface area contributed by atoms with Crippen LogP contribution in [0.3, 0.4) is 0 Å². The molecule has 5 heteroatoms. The Labute approximate surface area is 138 Å². The molecule has 0 bridgehead atoms. The van der Waals surface area contributed by atoms with E-state index in [4.69, 9.17) is 0 Å². The molecule has 0 saturated heterocycles. The van der Waals surface area contributed by atoms with Crippen LogP contribution < -0.4 is 5.32 Å². The predicted molar refractivity (Wildman–Crippen MR) is 93.4 cm³/mol. The number of para-hydroxylation sites is 1. The van der Waals surface area contributed by atoms with E-state index in [0.29, 0.717) is 11.4 Å². The first-order chi connectivity index (χ1) is 11.2. The van der Waals surface area contributed by atoms with Crippen LogP contribution in [0, 0.1) is 5.82 Å². The minimum absolute atomic E-state index is 0.102. The van der Waals surface area contributed by atoms with Crippen molar-refractivity contribution < 1.29 is 9.18 Å². The third-order valence-corrected chi connectivity index (χ3v) is 4.62. The summed E-state index contributed by atoms with van der Waals surface area (Å²) in [4.78, 5) is 13.1. The Bertz CT molecular complexity index is 827. The van der Waals surface area contributed by atoms with E-state index in [-0.39, 0.29) is 11.7 Å². The molecule has 2 aromatic carbocycles. The standard InChI is InChI=1S/C18H17FN2OS/c1-2-21-11-17(15-5-3-4-6-16(15)21)23-12-18(22)20-14-9-7-13(19)8-10-14/h3-11H,2,12H2,1H3,(H,20,22). The molecule has 0 radical (unpaired) electrons. The zero-order valence-electron chi connectivity index (χ0n) is 12.8. The molecule has 0 saturated carbocycles. The molecule has 0 aliphatic rings. The Morgan fingerprint density at radius 3 is 2.65 bits per heavy atom. The lowest BCUT2D eigenvalue weighted by Gasteiger charge is -2.04. The predicted octanol–water partition coefficient (Wildman–Crippen LogP) is 4.53. The highest BCUT2D eigenvalue weighted by molar-refractivity contribution is 8.00. The third kappa shape index (κ3) is 3.56. The number of fused-ring (bicyclic) bond motifs is 1. The van der Waals surface area contributed by atoms with Gasteiger partial charge in [-0.05, 0) is 37.3 Å². The fourth-order valence-electron chi connectivity index (χ4n) is 2.46. The first-order valence-corrected chi connectivity index (χ1v) is 8.42. The summed E-state index contributed by atoms with van der Waals surface area (Å²) in [5.74, 6) is -0.102. The average molecular weight is 328 g/mol. The number of nitrogens with one attached hydrogen (secondary N) is 1. The Kier molecular flexibility index (Phi) is 4.67. The number of hydrogen-bond acceptors (Lipinski definition) is 2. The van der Waals surface area contributed by atoms with Crippen molar-refractivity contribution in [3.8, 4) is 0 Å². The lowest BCUT2D eigenvalue weighted by molar-refractivity contribution is -0.113. The van der Waals surface area contributed by atoms with E-state index in [1.165, 1.54) is 29.4 Å². The number of carbonyl (C=O) groups excluding carboxylic acids is 1. The highest BCUT2D eigenvalue weighted by Gasteiger charge is 2.10. The van der Waals surface area contributed by atoms with E-state index in [2.05, 4.69) is 35.1 Å². The van der Waals surface area contributed by atoms with Crippen LogP contribution >= 0.6 is 11.8 Å². The van der Waals surface area contributed by atoms with Gasteiger partial charge >= 0.3 is 0 Å². The molecule has 0 aliphatic heterocycles. The van der Waals surface area contributed by atoms with Gasteiger partial charge in [0, 0.05) is 34.2 Å². The topological polar surface area (TPSA) is 34.0 Å². The van der Waals surface area contributed by atoms with Gasteiger partial charge in [0.25, 0.3) is 0 Å². The number of aromatic nitrogens is 1. The summed E-state index contributed by atoms with van der Waals surface area (Å²) < 4.78 is 15.0. The van der Waals surface area contributed by atoms with E-state index in [1.54, 1.807) is 12.1 Å². The van der Waals surface area contributed by atoms with Crippen LogP contribution in [0.4, 0.5) is 10.1 Å². The van der Waals surface area contributed by atoms with Gasteiger partial charge < -0.3 is 9.88 Å². The van der Waals surface area contributed by atoms with Gasteiger partial charge in [0.15, 0.2) is 0 Å². The number of nitrogens with zero attached hydrogens (tertiary/aromatic N) is 1. The average Bonchev–Trinajstić information content (AvgIpc) is 2.93. The fraction of sp³-hybridized carbons (Fsp3) is 0.167. The van der Waals surface area contributed by atoms with Crippen molar-refractivity contribution in [3.63, 3.8) is 0 Å². The summed E-state index contributed by atoms with van der Waals surface area (Å²) in [6.07, 6.45) is 2.08. The van der Waals surface area contributed by atoms with Crippen molar-refractivity contribution in [2.75, 3.05) is 11.1 Å². The molecule has 118 valence electrons. The normalized spacial score (nSPS) is 10.9. The quantitative estimate of drug-likeness (QED) is 0.698. The van der Waals surface area contributed by atoms with Crippen LogP contribution in [0.5, 0.6) is 0 Å². The summed E-state index contributed by atoms with van der Waals surface area (Å²) in [6, 6.07) is 14.0. The number of benzene rings is 2. The molecule has 0 atom stereocenters. The van der Waals surface area contributed by atoms with Gasteiger partial charge in [0.05, 0.1) is 5.75 Å². The number of halogens is 1. The van der Waals surface area contributed by atoms with Crippen molar-refractivity contribution in [1.29, 1.82) is 0 Å². The molecule has 0 spiro atoms. The molecule has 3 rings (SSSR count). The van der Waals surface area contributed by atoms with Gasteiger partial charge in [-0.1, -0.05) is 18.2 Å². The number of anilines is 1. The lowest BCUT2D eigenvalue weighted by Crippen LogP contribution is -2.13. The molecular formula is C18H17FN2OS. The van der Waals surface area contributed by atoms with Gasteiger partial charge in [-0.15, -0.1) is 11.8 Å². The third-order valence-electron chi connectivity index (χ3n) is 3.58. The van der Waals surface area contributed by atoms with Crippen molar-refractivity contribution in [1.82, 2.24) is 4.57 Å². The van der Waals surface area contributed by atoms with Crippen LogP contribution in [0.1, 0.15) is 6.92 Å². The maximum atomic E-state index is 12.9. The van der Waals surface area contributed by atoms with E-state index in [9.17, 15) is 9.18 Å². The largest absolute Gasteiger partial charge is 0.347 e. The number of thioether (sulfide) groups is 1. The van der Waals surface area contributed by atoms with Crippen LogP contribution in [0.15, 0.2) is 59.6 Å². The second-order valence-corrected chi connectivity index (χ2v) is 6.16. The number of hydrogen-bond donors (Lipinski definition) is 1. The van der Waals surface area contributed by atoms with Gasteiger partial charge in [-0.3, -0.25) is 4.79 Å². The summed E-state index contributed by atoms with van der Waals surface area (Å²) in [7, 11) is 0. The van der Waals surface area contributed by atoms with Crippen molar-refractivity contribution >= 4 is 34.3 Å². The fourth-order valence-corrected chi connectivity index (χ4v) is 3.35. The Morgan fingerprint density at radius 1 is 1.17 bits per heavy atom. The molecule has 1 amide bonds. The SMILES string of the molecule is CCn1cc(SCC(=O)Nc2ccc(F)cc2)c2ccccc21. The van der Waals surface area contributed by atoms with Crippen LogP contribution in [0.25, 0.3) is 10.9 Å². The molecule has 1 heterocycles. The molecule has 3 aromatic rings. The molecule has 0 aliphatic carbocycles. The van der Waals surface area contributed by atoms with Gasteiger partial charge in [-0.2, -0.15) is 0 Å². The molecule has 1 aromatic heterocycles. The Hall–Kier alpha value is -2.27. The first kappa shape index (κ1) is 15.6. The summed E-state index contributed by atoms with van der Waals surface area (Å²) in [5.41, 5.74) is 1.78. The minimum Gasteiger partial charge on any atom is -0.347 e. The maximum Gasteiger partial charge on any atom is 0.234 e. The molecule has 23 heavy (non-hydrogen) atoms. The monoisotopic (exact) mass is 328 g/mol. The van der Waals surface area contributed by atoms with Crippen LogP contribution in [-0.2, 0) is 11.3 Å². The highest BCUT2D eigenvalue weighted by atomic mass is 32.2. The highest BCUT2D eigenvalue weighted by Crippen LogP contribution is 2.30. The van der Waals surface area contributed by atoms with Crippen molar-refractivity contribution in [2.24, 2.45) is 0 Å². The first-order valence-electron chi connectivity index (χ1n) is 7.43. The molecule has 0 unspecified atom stereocenters. The van der Waals surface area contributed by atoms with Gasteiger partial charge in [0.2, 0.25) is 5.91 Å². The molecule has 3 nitrogen and oxygen atoms in total. The van der Waals surface area contributed by atoms with Gasteiger partial charge in [-0.25, -0.2) is 4.39 Å². The second-order valence-electron chi connectivity index (χ2n) is 5.14. The summed E-state index contributed by atoms with van der Waals surface area (Å²) in [6.45, 7) is 2.99. The van der Waals surface area contributed by atoms with Crippen molar-refractivity contribution in [2.45, 2.75) is 18.4 Å². The zero-order valence-corrected chi connectivity index (χ0v) is 13.6. The minimum atomic E-state index is -0.315. The molecule has 1 N–H and O–H groups in total. The van der Waals surface area contributed by atoms with Crippen LogP contribution in [0.2, 0.25) is 0 Å². The number of carbonyl (C=O) groups is 1. The van der Waals surface area contributed by atoms with Crippen molar-refractivity contribution in [3.05, 3.63) is 60.5 Å². The number of aryl methyl sites for hydroxylation is 1. The zero-order chi connectivity index (χ0) is 16.2. The van der Waals surface area contributed by atoms with Crippen LogP contribution in [-0.4, -0.2) is 16.2 Å². The van der Waals surface area contributed by atoms with Gasteiger partial charge in [0.1, 0.15) is 5.82 Å². The van der Waals surface area contributed by atoms with E-state index >= 15 is 0 Å². The number of rotatable bonds is 5. The summed E-state index contributed by atoms with van der Waals surface area (Å²) >= 11 is 1.51. The Balaban J connectivity index is 1.68. The second kappa shape index (κ2) is 6.87. The smallest absolute Gasteiger partial charge is 0.234 e. The Morgan fingerprint density at radius 2 is 1.91 bits per heavy atom. The van der Waals surface area contributed by atoms with E-state index in [0.717, 1.165) is 16.8 Å².